The lowest BCUT2D eigenvalue weighted by molar-refractivity contribution is -0.121. The maximum absolute atomic E-state index is 12.9. The second-order valence-electron chi connectivity index (χ2n) is 6.49. The molecule has 1 aromatic heterocycles. The van der Waals surface area contributed by atoms with Crippen LogP contribution in [-0.2, 0) is 17.8 Å². The molecule has 0 aliphatic rings. The average Bonchev–Trinajstić information content (AvgIpc) is 2.68. The third kappa shape index (κ3) is 5.65. The fourth-order valence-electron chi connectivity index (χ4n) is 2.77. The van der Waals surface area contributed by atoms with Gasteiger partial charge in [0.2, 0.25) is 5.91 Å². The summed E-state index contributed by atoms with van der Waals surface area (Å²) in [5.74, 6) is 0.588. The molecule has 3 rings (SSSR count). The molecule has 0 saturated heterocycles. The highest BCUT2D eigenvalue weighted by molar-refractivity contribution is 5.76. The molecule has 0 atom stereocenters. The Morgan fingerprint density at radius 1 is 1.00 bits per heavy atom. The second kappa shape index (κ2) is 9.01. The molecule has 1 amide bonds. The molecular weight excluding hydrogens is 377 g/mol. The van der Waals surface area contributed by atoms with Gasteiger partial charge in [0.1, 0.15) is 17.3 Å². The van der Waals surface area contributed by atoms with E-state index < -0.39 is 11.2 Å². The minimum Gasteiger partial charge on any atom is -0.457 e. The first-order chi connectivity index (χ1) is 13.9. The van der Waals surface area contributed by atoms with E-state index in [-0.39, 0.29) is 24.6 Å². The molecule has 0 spiro atoms. The SMILES string of the molecule is Cc1[nH]c(=O)[nH]c(=O)c1CCC(=O)NCc1ccc(Oc2ccc(F)cc2)cc1. The molecule has 0 aliphatic carbocycles. The molecule has 29 heavy (non-hydrogen) atoms. The minimum atomic E-state index is -0.562. The third-order valence-corrected chi connectivity index (χ3v) is 4.32. The molecule has 0 saturated carbocycles. The van der Waals surface area contributed by atoms with Crippen molar-refractivity contribution in [1.29, 1.82) is 0 Å². The number of benzene rings is 2. The Balaban J connectivity index is 1.49. The van der Waals surface area contributed by atoms with Crippen molar-refractivity contribution in [2.75, 3.05) is 0 Å². The van der Waals surface area contributed by atoms with E-state index in [9.17, 15) is 18.8 Å². The van der Waals surface area contributed by atoms with Crippen LogP contribution >= 0.6 is 0 Å². The molecule has 3 aromatic rings. The Kier molecular flexibility index (Phi) is 6.23. The van der Waals surface area contributed by atoms with Gasteiger partial charge in [-0.15, -0.1) is 0 Å². The van der Waals surface area contributed by atoms with Crippen LogP contribution in [0.1, 0.15) is 23.2 Å². The Labute approximate surface area is 165 Å². The van der Waals surface area contributed by atoms with E-state index in [1.165, 1.54) is 12.1 Å². The van der Waals surface area contributed by atoms with Gasteiger partial charge in [0.05, 0.1) is 0 Å². The summed E-state index contributed by atoms with van der Waals surface area (Å²) in [4.78, 5) is 39.7. The van der Waals surface area contributed by atoms with Crippen molar-refractivity contribution in [3.05, 3.63) is 92.0 Å². The normalized spacial score (nSPS) is 10.6. The number of hydrogen-bond donors (Lipinski definition) is 3. The van der Waals surface area contributed by atoms with Gasteiger partial charge >= 0.3 is 5.69 Å². The van der Waals surface area contributed by atoms with Crippen molar-refractivity contribution < 1.29 is 13.9 Å². The zero-order valence-electron chi connectivity index (χ0n) is 15.8. The molecule has 7 nitrogen and oxygen atoms in total. The Morgan fingerprint density at radius 3 is 2.24 bits per heavy atom. The van der Waals surface area contributed by atoms with Crippen molar-refractivity contribution in [3.63, 3.8) is 0 Å². The topological polar surface area (TPSA) is 104 Å². The van der Waals surface area contributed by atoms with Crippen LogP contribution in [0, 0.1) is 12.7 Å². The van der Waals surface area contributed by atoms with E-state index in [2.05, 4.69) is 15.3 Å². The summed E-state index contributed by atoms with van der Waals surface area (Å²) in [6.07, 6.45) is 0.357. The molecule has 0 fully saturated rings. The standard InChI is InChI=1S/C21H20FN3O4/c1-13-18(20(27)25-21(28)24-13)10-11-19(26)23-12-14-2-6-16(7-3-14)29-17-8-4-15(22)5-9-17/h2-9H,10-12H2,1H3,(H,23,26)(H2,24,25,27,28). The van der Waals surface area contributed by atoms with Crippen LogP contribution in [0.5, 0.6) is 11.5 Å². The fraction of sp³-hybridized carbons (Fsp3) is 0.190. The molecule has 3 N–H and O–H groups in total. The molecule has 2 aromatic carbocycles. The summed E-state index contributed by atoms with van der Waals surface area (Å²) in [6.45, 7) is 1.95. The number of ether oxygens (including phenoxy) is 1. The molecule has 8 heteroatoms. The van der Waals surface area contributed by atoms with Gasteiger partial charge in [0.15, 0.2) is 0 Å². The van der Waals surface area contributed by atoms with Gasteiger partial charge in [0.25, 0.3) is 5.56 Å². The van der Waals surface area contributed by atoms with Crippen LogP contribution in [0.2, 0.25) is 0 Å². The number of nitrogens with one attached hydrogen (secondary N) is 3. The largest absolute Gasteiger partial charge is 0.457 e. The highest BCUT2D eigenvalue weighted by atomic mass is 19.1. The first-order valence-electron chi connectivity index (χ1n) is 9.02. The van der Waals surface area contributed by atoms with E-state index in [1.54, 1.807) is 31.2 Å². The van der Waals surface area contributed by atoms with E-state index in [0.717, 1.165) is 5.56 Å². The lowest BCUT2D eigenvalue weighted by Crippen LogP contribution is -2.29. The van der Waals surface area contributed by atoms with Gasteiger partial charge in [-0.3, -0.25) is 14.6 Å². The second-order valence-corrected chi connectivity index (χ2v) is 6.49. The number of hydrogen-bond acceptors (Lipinski definition) is 4. The Hall–Kier alpha value is -3.68. The number of carbonyl (C=O) groups is 1. The van der Waals surface area contributed by atoms with Gasteiger partial charge in [0, 0.05) is 24.2 Å². The predicted molar refractivity (Wildman–Crippen MR) is 106 cm³/mol. The van der Waals surface area contributed by atoms with E-state index >= 15 is 0 Å². The number of halogens is 1. The summed E-state index contributed by atoms with van der Waals surface area (Å²) >= 11 is 0. The van der Waals surface area contributed by atoms with Crippen molar-refractivity contribution in [2.24, 2.45) is 0 Å². The summed E-state index contributed by atoms with van der Waals surface area (Å²) in [7, 11) is 0. The summed E-state index contributed by atoms with van der Waals surface area (Å²) in [5.41, 5.74) is 0.691. The van der Waals surface area contributed by atoms with Crippen molar-refractivity contribution in [3.8, 4) is 11.5 Å². The number of H-pyrrole nitrogens is 2. The van der Waals surface area contributed by atoms with Crippen molar-refractivity contribution in [2.45, 2.75) is 26.3 Å². The van der Waals surface area contributed by atoms with Crippen LogP contribution in [0.4, 0.5) is 4.39 Å². The predicted octanol–water partition coefficient (Wildman–Crippen LogP) is 2.55. The first-order valence-corrected chi connectivity index (χ1v) is 9.02. The minimum absolute atomic E-state index is 0.127. The van der Waals surface area contributed by atoms with Crippen LogP contribution in [0.25, 0.3) is 0 Å². The zero-order chi connectivity index (χ0) is 20.8. The van der Waals surface area contributed by atoms with Crippen LogP contribution in [0.15, 0.2) is 58.1 Å². The van der Waals surface area contributed by atoms with Gasteiger partial charge in [-0.1, -0.05) is 12.1 Å². The van der Waals surface area contributed by atoms with E-state index in [0.29, 0.717) is 29.3 Å². The van der Waals surface area contributed by atoms with Gasteiger partial charge in [-0.05, 0) is 55.3 Å². The molecule has 150 valence electrons. The Morgan fingerprint density at radius 2 is 1.62 bits per heavy atom. The highest BCUT2D eigenvalue weighted by Gasteiger charge is 2.09. The first kappa shape index (κ1) is 20.1. The maximum atomic E-state index is 12.9. The highest BCUT2D eigenvalue weighted by Crippen LogP contribution is 2.21. The molecule has 0 aliphatic heterocycles. The average molecular weight is 397 g/mol. The van der Waals surface area contributed by atoms with Crippen LogP contribution in [-0.4, -0.2) is 15.9 Å². The van der Waals surface area contributed by atoms with Gasteiger partial charge in [-0.2, -0.15) is 0 Å². The molecule has 0 bridgehead atoms. The number of rotatable bonds is 7. The summed E-state index contributed by atoms with van der Waals surface area (Å²) < 4.78 is 18.5. The number of aryl methyl sites for hydroxylation is 1. The molecule has 1 heterocycles. The Bertz CT molecular complexity index is 1100. The number of amides is 1. The smallest absolute Gasteiger partial charge is 0.325 e. The van der Waals surface area contributed by atoms with Crippen LogP contribution in [0.3, 0.4) is 0 Å². The molecule has 0 radical (unpaired) electrons. The summed E-state index contributed by atoms with van der Waals surface area (Å²) in [5, 5.41) is 2.79. The van der Waals surface area contributed by atoms with E-state index in [1.807, 2.05) is 12.1 Å². The summed E-state index contributed by atoms with van der Waals surface area (Å²) in [6, 6.07) is 12.9. The van der Waals surface area contributed by atoms with Crippen molar-refractivity contribution in [1.82, 2.24) is 15.3 Å². The van der Waals surface area contributed by atoms with Crippen molar-refractivity contribution >= 4 is 5.91 Å². The number of carbonyl (C=O) groups excluding carboxylic acids is 1. The molecular formula is C21H20FN3O4. The van der Waals surface area contributed by atoms with Gasteiger partial charge < -0.3 is 15.0 Å². The zero-order valence-corrected chi connectivity index (χ0v) is 15.8. The third-order valence-electron chi connectivity index (χ3n) is 4.32. The van der Waals surface area contributed by atoms with Crippen LogP contribution < -0.4 is 21.3 Å². The number of aromatic nitrogens is 2. The quantitative estimate of drug-likeness (QED) is 0.570. The van der Waals surface area contributed by atoms with E-state index in [4.69, 9.17) is 4.74 Å². The lowest BCUT2D eigenvalue weighted by atomic mass is 10.1. The maximum Gasteiger partial charge on any atom is 0.325 e. The lowest BCUT2D eigenvalue weighted by Gasteiger charge is -2.08. The molecule has 0 unspecified atom stereocenters. The monoisotopic (exact) mass is 397 g/mol. The fourth-order valence-corrected chi connectivity index (χ4v) is 2.77. The number of aromatic amines is 2. The van der Waals surface area contributed by atoms with Gasteiger partial charge in [-0.25, -0.2) is 9.18 Å².